The third-order valence-corrected chi connectivity index (χ3v) is 3.04. The molecule has 0 radical (unpaired) electrons. The maximum atomic E-state index is 11.7. The average molecular weight is 271 g/mol. The van der Waals surface area contributed by atoms with Crippen LogP contribution in [0.1, 0.15) is 19.4 Å². The molecule has 0 saturated carbocycles. The number of phenolic OH excluding ortho intramolecular Hbond substituents is 1. The van der Waals surface area contributed by atoms with E-state index < -0.39 is 0 Å². The highest BCUT2D eigenvalue weighted by atomic mass is 35.5. The largest absolute Gasteiger partial charge is 0.506 e. The van der Waals surface area contributed by atoms with Crippen LogP contribution in [0.3, 0.4) is 0 Å². The summed E-state index contributed by atoms with van der Waals surface area (Å²) in [6, 6.07) is 5.01. The maximum absolute atomic E-state index is 11.7. The second-order valence-corrected chi connectivity index (χ2v) is 4.36. The first-order valence-electron chi connectivity index (χ1n) is 6.04. The fraction of sp³-hybridized carbons (Fsp3) is 0.462. The lowest BCUT2D eigenvalue weighted by atomic mass is 10.2. The Balaban J connectivity index is 2.41. The molecule has 0 saturated heterocycles. The SMILES string of the molecule is CCN(CC)C(=O)CNCc1ccc(O)c(Cl)c1. The third kappa shape index (κ3) is 4.20. The van der Waals surface area contributed by atoms with Crippen molar-refractivity contribution in [2.45, 2.75) is 20.4 Å². The van der Waals surface area contributed by atoms with E-state index in [9.17, 15) is 9.90 Å². The fourth-order valence-electron chi connectivity index (χ4n) is 1.66. The van der Waals surface area contributed by atoms with Crippen LogP contribution in [0.5, 0.6) is 5.75 Å². The molecule has 0 heterocycles. The first-order valence-corrected chi connectivity index (χ1v) is 6.42. The molecule has 100 valence electrons. The normalized spacial score (nSPS) is 10.4. The average Bonchev–Trinajstić information content (AvgIpc) is 2.35. The molecule has 0 spiro atoms. The molecule has 5 heteroatoms. The van der Waals surface area contributed by atoms with Crippen molar-refractivity contribution in [1.82, 2.24) is 10.2 Å². The van der Waals surface area contributed by atoms with Crippen molar-refractivity contribution in [3.05, 3.63) is 28.8 Å². The number of hydrogen-bond donors (Lipinski definition) is 2. The lowest BCUT2D eigenvalue weighted by molar-refractivity contribution is -0.129. The number of carbonyl (C=O) groups is 1. The van der Waals surface area contributed by atoms with Crippen LogP contribution in [0.2, 0.25) is 5.02 Å². The van der Waals surface area contributed by atoms with E-state index in [4.69, 9.17) is 11.6 Å². The summed E-state index contributed by atoms with van der Waals surface area (Å²) in [4.78, 5) is 13.5. The second kappa shape index (κ2) is 7.24. The van der Waals surface area contributed by atoms with E-state index >= 15 is 0 Å². The Morgan fingerprint density at radius 2 is 2.06 bits per heavy atom. The molecule has 0 bridgehead atoms. The van der Waals surface area contributed by atoms with Gasteiger partial charge in [-0.2, -0.15) is 0 Å². The van der Waals surface area contributed by atoms with Crippen molar-refractivity contribution in [3.63, 3.8) is 0 Å². The zero-order valence-corrected chi connectivity index (χ0v) is 11.5. The van der Waals surface area contributed by atoms with Crippen LogP contribution < -0.4 is 5.32 Å². The summed E-state index contributed by atoms with van der Waals surface area (Å²) in [5.41, 5.74) is 0.935. The van der Waals surface area contributed by atoms with Crippen LogP contribution in [0.4, 0.5) is 0 Å². The van der Waals surface area contributed by atoms with Crippen molar-refractivity contribution < 1.29 is 9.90 Å². The van der Waals surface area contributed by atoms with Gasteiger partial charge >= 0.3 is 0 Å². The molecule has 0 aromatic heterocycles. The Morgan fingerprint density at radius 1 is 1.39 bits per heavy atom. The van der Waals surface area contributed by atoms with Crippen molar-refractivity contribution in [3.8, 4) is 5.75 Å². The number of nitrogens with one attached hydrogen (secondary N) is 1. The van der Waals surface area contributed by atoms with Gasteiger partial charge in [-0.3, -0.25) is 4.79 Å². The number of hydrogen-bond acceptors (Lipinski definition) is 3. The van der Waals surface area contributed by atoms with Crippen LogP contribution in [-0.4, -0.2) is 35.5 Å². The van der Waals surface area contributed by atoms with E-state index in [1.165, 1.54) is 0 Å². The Kier molecular flexibility index (Phi) is 5.95. The molecule has 1 aromatic carbocycles. The number of carbonyl (C=O) groups excluding carboxylic acids is 1. The molecule has 0 aliphatic heterocycles. The molecule has 1 aromatic rings. The maximum Gasteiger partial charge on any atom is 0.236 e. The molecule has 1 amide bonds. The lowest BCUT2D eigenvalue weighted by Gasteiger charge is -2.18. The van der Waals surface area contributed by atoms with Crippen molar-refractivity contribution in [1.29, 1.82) is 0 Å². The predicted octanol–water partition coefficient (Wildman–Crippen LogP) is 2.00. The van der Waals surface area contributed by atoms with Gasteiger partial charge in [0.25, 0.3) is 0 Å². The van der Waals surface area contributed by atoms with E-state index in [0.29, 0.717) is 18.1 Å². The zero-order chi connectivity index (χ0) is 13.5. The Labute approximate surface area is 113 Å². The minimum atomic E-state index is 0.0691. The Morgan fingerprint density at radius 3 is 2.61 bits per heavy atom. The summed E-state index contributed by atoms with van der Waals surface area (Å²) in [5.74, 6) is 0.157. The van der Waals surface area contributed by atoms with Gasteiger partial charge in [0.2, 0.25) is 5.91 Å². The second-order valence-electron chi connectivity index (χ2n) is 3.96. The lowest BCUT2D eigenvalue weighted by Crippen LogP contribution is -2.37. The van der Waals surface area contributed by atoms with Crippen molar-refractivity contribution >= 4 is 17.5 Å². The number of aromatic hydroxyl groups is 1. The topological polar surface area (TPSA) is 52.6 Å². The van der Waals surface area contributed by atoms with Gasteiger partial charge < -0.3 is 15.3 Å². The van der Waals surface area contributed by atoms with E-state index in [2.05, 4.69) is 5.32 Å². The highest BCUT2D eigenvalue weighted by Crippen LogP contribution is 2.23. The molecule has 0 aliphatic carbocycles. The molecule has 0 atom stereocenters. The molecular formula is C13H19ClN2O2. The van der Waals surface area contributed by atoms with Crippen molar-refractivity contribution in [2.75, 3.05) is 19.6 Å². The number of halogens is 1. The number of amides is 1. The van der Waals surface area contributed by atoms with E-state index in [-0.39, 0.29) is 11.7 Å². The van der Waals surface area contributed by atoms with Gasteiger partial charge in [-0.25, -0.2) is 0 Å². The van der Waals surface area contributed by atoms with Gasteiger partial charge in [-0.05, 0) is 31.5 Å². The molecule has 4 nitrogen and oxygen atoms in total. The molecular weight excluding hydrogens is 252 g/mol. The van der Waals surface area contributed by atoms with Crippen LogP contribution in [0, 0.1) is 0 Å². The third-order valence-electron chi connectivity index (χ3n) is 2.73. The summed E-state index contributed by atoms with van der Waals surface area (Å²) in [5, 5.41) is 12.7. The van der Waals surface area contributed by atoms with Crippen LogP contribution in [-0.2, 0) is 11.3 Å². The minimum absolute atomic E-state index is 0.0691. The van der Waals surface area contributed by atoms with Gasteiger partial charge in [-0.15, -0.1) is 0 Å². The number of phenols is 1. The molecule has 0 aliphatic rings. The summed E-state index contributed by atoms with van der Waals surface area (Å²) in [6.07, 6.45) is 0. The first kappa shape index (κ1) is 14.8. The molecule has 0 fully saturated rings. The van der Waals surface area contributed by atoms with Crippen LogP contribution in [0.25, 0.3) is 0 Å². The number of benzene rings is 1. The summed E-state index contributed by atoms with van der Waals surface area (Å²) in [6.45, 7) is 6.22. The van der Waals surface area contributed by atoms with Crippen LogP contribution >= 0.6 is 11.6 Å². The smallest absolute Gasteiger partial charge is 0.236 e. The Hall–Kier alpha value is -1.26. The highest BCUT2D eigenvalue weighted by Gasteiger charge is 2.08. The van der Waals surface area contributed by atoms with Gasteiger partial charge in [0, 0.05) is 19.6 Å². The summed E-state index contributed by atoms with van der Waals surface area (Å²) < 4.78 is 0. The molecule has 0 unspecified atom stereocenters. The quantitative estimate of drug-likeness (QED) is 0.831. The van der Waals surface area contributed by atoms with Crippen molar-refractivity contribution in [2.24, 2.45) is 0 Å². The summed E-state index contributed by atoms with van der Waals surface area (Å²) >= 11 is 5.80. The van der Waals surface area contributed by atoms with Gasteiger partial charge in [0.05, 0.1) is 11.6 Å². The number of nitrogens with zero attached hydrogens (tertiary/aromatic N) is 1. The minimum Gasteiger partial charge on any atom is -0.506 e. The van der Waals surface area contributed by atoms with E-state index in [0.717, 1.165) is 18.7 Å². The monoisotopic (exact) mass is 270 g/mol. The number of rotatable bonds is 6. The number of likely N-dealkylation sites (N-methyl/N-ethyl adjacent to an activating group) is 1. The van der Waals surface area contributed by atoms with E-state index in [1.54, 1.807) is 23.1 Å². The van der Waals surface area contributed by atoms with E-state index in [1.807, 2.05) is 13.8 Å². The predicted molar refractivity (Wildman–Crippen MR) is 72.8 cm³/mol. The summed E-state index contributed by atoms with van der Waals surface area (Å²) in [7, 11) is 0. The standard InChI is InChI=1S/C13H19ClN2O2/c1-3-16(4-2)13(18)9-15-8-10-5-6-12(17)11(14)7-10/h5-7,15,17H,3-4,8-9H2,1-2H3. The van der Waals surface area contributed by atoms with Crippen LogP contribution in [0.15, 0.2) is 18.2 Å². The fourth-order valence-corrected chi connectivity index (χ4v) is 1.87. The van der Waals surface area contributed by atoms with Gasteiger partial charge in [-0.1, -0.05) is 17.7 Å². The van der Waals surface area contributed by atoms with Gasteiger partial charge in [0.1, 0.15) is 5.75 Å². The zero-order valence-electron chi connectivity index (χ0n) is 10.7. The molecule has 1 rings (SSSR count). The first-order chi connectivity index (χ1) is 8.58. The highest BCUT2D eigenvalue weighted by molar-refractivity contribution is 6.32. The molecule has 18 heavy (non-hydrogen) atoms. The Bertz CT molecular complexity index is 406. The molecule has 2 N–H and O–H groups in total. The van der Waals surface area contributed by atoms with Gasteiger partial charge in [0.15, 0.2) is 0 Å².